The summed E-state index contributed by atoms with van der Waals surface area (Å²) in [6, 6.07) is 0. The van der Waals surface area contributed by atoms with Crippen molar-refractivity contribution in [2.45, 2.75) is 46.6 Å². The van der Waals surface area contributed by atoms with Crippen molar-refractivity contribution < 1.29 is 9.59 Å². The zero-order valence-corrected chi connectivity index (χ0v) is 11.5. The number of hydrogen-bond donors (Lipinski definition) is 3. The molecule has 0 saturated heterocycles. The van der Waals surface area contributed by atoms with Crippen molar-refractivity contribution in [3.8, 4) is 0 Å². The summed E-state index contributed by atoms with van der Waals surface area (Å²) in [6.45, 7) is 10.7. The molecule has 4 N–H and O–H groups in total. The maximum atomic E-state index is 11.6. The Labute approximate surface area is 104 Å². The molecule has 2 amide bonds. The predicted molar refractivity (Wildman–Crippen MR) is 68.4 cm³/mol. The van der Waals surface area contributed by atoms with Crippen LogP contribution in [0.25, 0.3) is 0 Å². The largest absolute Gasteiger partial charge is 0.347 e. The van der Waals surface area contributed by atoms with Gasteiger partial charge in [0.2, 0.25) is 0 Å². The Kier molecular flexibility index (Phi) is 5.61. The molecular formula is C12H25N3O2. The van der Waals surface area contributed by atoms with E-state index >= 15 is 0 Å². The van der Waals surface area contributed by atoms with E-state index in [9.17, 15) is 9.59 Å². The molecule has 5 nitrogen and oxygen atoms in total. The lowest BCUT2D eigenvalue weighted by Crippen LogP contribution is -2.51. The summed E-state index contributed by atoms with van der Waals surface area (Å²) >= 11 is 0. The van der Waals surface area contributed by atoms with E-state index in [-0.39, 0.29) is 5.41 Å². The highest BCUT2D eigenvalue weighted by Gasteiger charge is 2.28. The quantitative estimate of drug-likeness (QED) is 0.625. The number of hydrogen-bond acceptors (Lipinski definition) is 3. The molecule has 0 spiro atoms. The first kappa shape index (κ1) is 15.9. The zero-order chi connectivity index (χ0) is 13.7. The first-order valence-electron chi connectivity index (χ1n) is 5.88. The van der Waals surface area contributed by atoms with Crippen LogP contribution in [0.3, 0.4) is 0 Å². The van der Waals surface area contributed by atoms with Gasteiger partial charge in [-0.25, -0.2) is 0 Å². The standard InChI is InChI=1S/C12H25N3O2/c1-11(2,3)8-12(4,5)15-10(17)9(16)14-7-6-13/h6-8,13H2,1-5H3,(H,14,16)(H,15,17). The molecule has 0 aromatic rings. The molecule has 0 atom stereocenters. The molecular weight excluding hydrogens is 218 g/mol. The summed E-state index contributed by atoms with van der Waals surface area (Å²) in [7, 11) is 0. The van der Waals surface area contributed by atoms with Crippen LogP contribution < -0.4 is 16.4 Å². The van der Waals surface area contributed by atoms with Gasteiger partial charge in [-0.15, -0.1) is 0 Å². The first-order chi connectivity index (χ1) is 7.57. The highest BCUT2D eigenvalue weighted by molar-refractivity contribution is 6.35. The van der Waals surface area contributed by atoms with Crippen LogP contribution in [0.1, 0.15) is 41.0 Å². The molecule has 0 fully saturated rings. The van der Waals surface area contributed by atoms with Crippen molar-refractivity contribution in [2.75, 3.05) is 13.1 Å². The number of nitrogens with one attached hydrogen (secondary N) is 2. The summed E-state index contributed by atoms with van der Waals surface area (Å²) in [6.07, 6.45) is 0.788. The third-order valence-corrected chi connectivity index (χ3v) is 2.06. The van der Waals surface area contributed by atoms with Crippen molar-refractivity contribution in [1.29, 1.82) is 0 Å². The molecule has 0 rings (SSSR count). The van der Waals surface area contributed by atoms with E-state index in [2.05, 4.69) is 31.4 Å². The SMILES string of the molecule is CC(C)(C)CC(C)(C)NC(=O)C(=O)NCCN. The Balaban J connectivity index is 4.31. The van der Waals surface area contributed by atoms with Gasteiger partial charge in [-0.05, 0) is 25.7 Å². The fraction of sp³-hybridized carbons (Fsp3) is 0.833. The number of amides is 2. The van der Waals surface area contributed by atoms with Gasteiger partial charge in [0.25, 0.3) is 0 Å². The third kappa shape index (κ3) is 7.74. The average molecular weight is 243 g/mol. The fourth-order valence-corrected chi connectivity index (χ4v) is 2.00. The van der Waals surface area contributed by atoms with Crippen LogP contribution in [0.15, 0.2) is 0 Å². The van der Waals surface area contributed by atoms with Crippen LogP contribution in [0, 0.1) is 5.41 Å². The van der Waals surface area contributed by atoms with E-state index < -0.39 is 17.4 Å². The van der Waals surface area contributed by atoms with E-state index in [4.69, 9.17) is 5.73 Å². The van der Waals surface area contributed by atoms with E-state index in [0.29, 0.717) is 13.1 Å². The molecule has 100 valence electrons. The van der Waals surface area contributed by atoms with Gasteiger partial charge in [0.1, 0.15) is 0 Å². The molecule has 5 heteroatoms. The summed E-state index contributed by atoms with van der Waals surface area (Å²) in [4.78, 5) is 23.0. The molecule has 0 unspecified atom stereocenters. The second kappa shape index (κ2) is 6.00. The van der Waals surface area contributed by atoms with Gasteiger partial charge in [0.15, 0.2) is 0 Å². The molecule has 0 saturated carbocycles. The van der Waals surface area contributed by atoms with E-state index in [1.54, 1.807) is 0 Å². The van der Waals surface area contributed by atoms with Crippen LogP contribution in [-0.2, 0) is 9.59 Å². The molecule has 0 aromatic heterocycles. The Morgan fingerprint density at radius 3 is 2.00 bits per heavy atom. The van der Waals surface area contributed by atoms with E-state index in [1.807, 2.05) is 13.8 Å². The summed E-state index contributed by atoms with van der Waals surface area (Å²) < 4.78 is 0. The fourth-order valence-electron chi connectivity index (χ4n) is 2.00. The Bertz CT molecular complexity index is 280. The van der Waals surface area contributed by atoms with Crippen molar-refractivity contribution >= 4 is 11.8 Å². The maximum Gasteiger partial charge on any atom is 0.309 e. The number of rotatable bonds is 4. The molecule has 0 aliphatic rings. The van der Waals surface area contributed by atoms with Crippen LogP contribution in [0.4, 0.5) is 0 Å². The van der Waals surface area contributed by atoms with Gasteiger partial charge in [0, 0.05) is 18.6 Å². The topological polar surface area (TPSA) is 84.2 Å². The summed E-state index contributed by atoms with van der Waals surface area (Å²) in [5.74, 6) is -1.23. The Hall–Kier alpha value is -1.10. The Morgan fingerprint density at radius 1 is 1.06 bits per heavy atom. The average Bonchev–Trinajstić information content (AvgIpc) is 2.08. The number of nitrogens with two attached hydrogens (primary N) is 1. The van der Waals surface area contributed by atoms with Crippen LogP contribution in [-0.4, -0.2) is 30.4 Å². The minimum absolute atomic E-state index is 0.0878. The predicted octanol–water partition coefficient (Wildman–Crippen LogP) is 0.392. The highest BCUT2D eigenvalue weighted by atomic mass is 16.2. The van der Waals surface area contributed by atoms with Gasteiger partial charge >= 0.3 is 11.8 Å². The summed E-state index contributed by atoms with van der Waals surface area (Å²) in [5, 5.41) is 5.17. The van der Waals surface area contributed by atoms with Gasteiger partial charge in [0.05, 0.1) is 0 Å². The lowest BCUT2D eigenvalue weighted by molar-refractivity contribution is -0.140. The van der Waals surface area contributed by atoms with Gasteiger partial charge in [-0.2, -0.15) is 0 Å². The Morgan fingerprint density at radius 2 is 1.59 bits per heavy atom. The van der Waals surface area contributed by atoms with E-state index in [0.717, 1.165) is 6.42 Å². The molecule has 0 bridgehead atoms. The number of carbonyl (C=O) groups excluding carboxylic acids is 2. The van der Waals surface area contributed by atoms with E-state index in [1.165, 1.54) is 0 Å². The second-order valence-electron chi connectivity index (χ2n) is 6.12. The first-order valence-corrected chi connectivity index (χ1v) is 5.88. The minimum Gasteiger partial charge on any atom is -0.347 e. The third-order valence-electron chi connectivity index (χ3n) is 2.06. The van der Waals surface area contributed by atoms with Crippen LogP contribution >= 0.6 is 0 Å². The molecule has 0 radical (unpaired) electrons. The highest BCUT2D eigenvalue weighted by Crippen LogP contribution is 2.26. The van der Waals surface area contributed by atoms with Crippen molar-refractivity contribution in [1.82, 2.24) is 10.6 Å². The molecule has 0 aromatic carbocycles. The lowest BCUT2D eigenvalue weighted by atomic mass is 9.82. The summed E-state index contributed by atoms with van der Waals surface area (Å²) in [5.41, 5.74) is 4.92. The smallest absolute Gasteiger partial charge is 0.309 e. The van der Waals surface area contributed by atoms with Crippen molar-refractivity contribution in [3.63, 3.8) is 0 Å². The maximum absolute atomic E-state index is 11.6. The minimum atomic E-state index is -0.627. The van der Waals surface area contributed by atoms with Crippen molar-refractivity contribution in [2.24, 2.45) is 11.1 Å². The molecule has 0 heterocycles. The lowest BCUT2D eigenvalue weighted by Gasteiger charge is -2.33. The van der Waals surface area contributed by atoms with Gasteiger partial charge < -0.3 is 16.4 Å². The van der Waals surface area contributed by atoms with Crippen LogP contribution in [0.5, 0.6) is 0 Å². The second-order valence-corrected chi connectivity index (χ2v) is 6.12. The molecule has 0 aliphatic heterocycles. The van der Waals surface area contributed by atoms with Crippen molar-refractivity contribution in [3.05, 3.63) is 0 Å². The van der Waals surface area contributed by atoms with Crippen LogP contribution in [0.2, 0.25) is 0 Å². The molecule has 17 heavy (non-hydrogen) atoms. The number of carbonyl (C=O) groups is 2. The monoisotopic (exact) mass is 243 g/mol. The molecule has 0 aliphatic carbocycles. The van der Waals surface area contributed by atoms with Gasteiger partial charge in [-0.3, -0.25) is 9.59 Å². The normalized spacial score (nSPS) is 12.1. The zero-order valence-electron chi connectivity index (χ0n) is 11.5. The van der Waals surface area contributed by atoms with Gasteiger partial charge in [-0.1, -0.05) is 20.8 Å².